The van der Waals surface area contributed by atoms with E-state index in [1.54, 1.807) is 13.8 Å². The summed E-state index contributed by atoms with van der Waals surface area (Å²) < 4.78 is 11.0. The van der Waals surface area contributed by atoms with Gasteiger partial charge in [-0.25, -0.2) is 9.59 Å². The molecule has 0 bridgehead atoms. The van der Waals surface area contributed by atoms with Crippen molar-refractivity contribution >= 4 is 33.1 Å². The highest BCUT2D eigenvalue weighted by molar-refractivity contribution is 14.1. The van der Waals surface area contributed by atoms with Crippen LogP contribution in [0.3, 0.4) is 0 Å². The van der Waals surface area contributed by atoms with Gasteiger partial charge in [-0.1, -0.05) is 0 Å². The van der Waals surface area contributed by atoms with Crippen LogP contribution in [0.25, 0.3) is 0 Å². The van der Waals surface area contributed by atoms with Gasteiger partial charge in [0.05, 0.1) is 14.7 Å². The van der Waals surface area contributed by atoms with E-state index in [-0.39, 0.29) is 14.7 Å². The molecule has 86 valence electrons. The summed E-state index contributed by atoms with van der Waals surface area (Å²) in [5.74, 6) is -2.49. The molecule has 0 heterocycles. The fraction of sp³-hybridized carbons (Fsp3) is 0.200. The van der Waals surface area contributed by atoms with Crippen molar-refractivity contribution in [2.24, 2.45) is 0 Å². The molecule has 1 aromatic rings. The van der Waals surface area contributed by atoms with Crippen LogP contribution in [0.15, 0.2) is 6.07 Å². The summed E-state index contributed by atoms with van der Waals surface area (Å²) in [7, 11) is 0. The zero-order valence-corrected chi connectivity index (χ0v) is 10.7. The first kappa shape index (κ1) is 12.8. The number of aryl methyl sites for hydroxylation is 1. The Morgan fingerprint density at radius 3 is 2.12 bits per heavy atom. The smallest absolute Gasteiger partial charge is 0.337 e. The molecule has 5 nitrogen and oxygen atoms in total. The summed E-state index contributed by atoms with van der Waals surface area (Å²) in [6.07, 6.45) is 0. The highest BCUT2D eigenvalue weighted by Gasteiger charge is 2.22. The number of carboxylic acids is 2. The van der Waals surface area contributed by atoms with E-state index in [0.717, 1.165) is 0 Å². The van der Waals surface area contributed by atoms with Crippen LogP contribution >= 0.6 is 21.2 Å². The normalized spacial score (nSPS) is 10.1. The van der Waals surface area contributed by atoms with Crippen molar-refractivity contribution in [1.29, 1.82) is 0 Å². The second-order valence-electron chi connectivity index (χ2n) is 3.24. The van der Waals surface area contributed by atoms with Gasteiger partial charge in [0, 0.05) is 0 Å². The lowest BCUT2D eigenvalue weighted by Crippen LogP contribution is -2.11. The lowest BCUT2D eigenvalue weighted by atomic mass is 10.00. The van der Waals surface area contributed by atoms with E-state index in [1.807, 2.05) is 0 Å². The molecule has 1 aromatic carbocycles. The molecule has 0 radical (unpaired) electrons. The third-order valence-corrected chi connectivity index (χ3v) is 3.87. The molecular weight excluding hydrogens is 327 g/mol. The fourth-order valence-corrected chi connectivity index (χ4v) is 2.85. The van der Waals surface area contributed by atoms with Crippen molar-refractivity contribution < 1.29 is 22.9 Å². The molecule has 0 saturated carbocycles. The number of hydrogen-bond donors (Lipinski definition) is 2. The molecule has 16 heavy (non-hydrogen) atoms. The van der Waals surface area contributed by atoms with Gasteiger partial charge >= 0.3 is 11.9 Å². The molecule has 0 unspecified atom stereocenters. The van der Waals surface area contributed by atoms with Crippen LogP contribution in [0.2, 0.25) is 0 Å². The molecule has 0 aromatic heterocycles. The average molecular weight is 336 g/mol. The molecular formula is C10H9IO5. The number of aromatic carboxylic acids is 2. The largest absolute Gasteiger partial charge is 0.478 e. The molecule has 1 rings (SSSR count). The van der Waals surface area contributed by atoms with Crippen molar-refractivity contribution in [1.82, 2.24) is 0 Å². The Labute approximate surface area is 102 Å². The molecule has 0 aliphatic carbocycles. The summed E-state index contributed by atoms with van der Waals surface area (Å²) in [6, 6.07) is 1.36. The van der Waals surface area contributed by atoms with E-state index in [0.29, 0.717) is 11.1 Å². The third kappa shape index (κ3) is 2.11. The van der Waals surface area contributed by atoms with Gasteiger partial charge in [-0.2, -0.15) is 0 Å². The highest BCUT2D eigenvalue weighted by atomic mass is 127. The van der Waals surface area contributed by atoms with E-state index < -0.39 is 33.1 Å². The Kier molecular flexibility index (Phi) is 3.74. The van der Waals surface area contributed by atoms with E-state index >= 15 is 0 Å². The standard InChI is InChI=1S/C10H9IO5/c1-4-3-6(9(12)13)8(11-16)7(5(4)2)10(14)15/h3H,1-2H3,(H,12,13)(H,14,15). The Balaban J connectivity index is 3.75. The summed E-state index contributed by atoms with van der Waals surface area (Å²) in [5, 5.41) is 17.9. The van der Waals surface area contributed by atoms with Gasteiger partial charge in [-0.3, -0.25) is 3.07 Å². The first-order valence-corrected chi connectivity index (χ1v) is 6.24. The maximum Gasteiger partial charge on any atom is 0.337 e. The Hall–Kier alpha value is -1.31. The molecule has 6 heteroatoms. The molecule has 0 atom stereocenters. The maximum absolute atomic E-state index is 11.0. The van der Waals surface area contributed by atoms with Crippen LogP contribution in [-0.2, 0) is 3.07 Å². The molecule has 0 amide bonds. The Morgan fingerprint density at radius 1 is 1.19 bits per heavy atom. The summed E-state index contributed by atoms with van der Waals surface area (Å²) in [5.41, 5.74) is 0.711. The first-order valence-electron chi connectivity index (χ1n) is 4.28. The summed E-state index contributed by atoms with van der Waals surface area (Å²) in [6.45, 7) is 3.20. The van der Waals surface area contributed by atoms with E-state index in [1.165, 1.54) is 6.07 Å². The van der Waals surface area contributed by atoms with Gasteiger partial charge in [0.1, 0.15) is 0 Å². The molecule has 0 aliphatic heterocycles. The molecule has 0 spiro atoms. The van der Waals surface area contributed by atoms with E-state index in [4.69, 9.17) is 10.2 Å². The maximum atomic E-state index is 11.0. The minimum absolute atomic E-state index is 0.0538. The van der Waals surface area contributed by atoms with Crippen LogP contribution in [0.1, 0.15) is 31.8 Å². The lowest BCUT2D eigenvalue weighted by molar-refractivity contribution is 0.0694. The topological polar surface area (TPSA) is 91.7 Å². The second kappa shape index (κ2) is 4.69. The fourth-order valence-electron chi connectivity index (χ4n) is 1.37. The van der Waals surface area contributed by atoms with Crippen molar-refractivity contribution in [3.63, 3.8) is 0 Å². The molecule has 2 N–H and O–H groups in total. The minimum atomic E-state index is -1.84. The van der Waals surface area contributed by atoms with Crippen molar-refractivity contribution in [3.8, 4) is 0 Å². The monoisotopic (exact) mass is 336 g/mol. The SMILES string of the molecule is Cc1cc(C(=O)O)c(I=O)c(C(=O)O)c1C. The van der Waals surface area contributed by atoms with Crippen LogP contribution in [-0.4, -0.2) is 22.2 Å². The number of rotatable bonds is 3. The lowest BCUT2D eigenvalue weighted by Gasteiger charge is -2.09. The molecule has 0 aliphatic rings. The number of hydrogen-bond acceptors (Lipinski definition) is 3. The van der Waals surface area contributed by atoms with Crippen molar-refractivity contribution in [3.05, 3.63) is 31.9 Å². The van der Waals surface area contributed by atoms with Gasteiger partial charge < -0.3 is 10.2 Å². The first-order chi connectivity index (χ1) is 7.40. The van der Waals surface area contributed by atoms with Gasteiger partial charge in [0.2, 0.25) is 0 Å². The number of halogens is 1. The zero-order chi connectivity index (χ0) is 12.5. The van der Waals surface area contributed by atoms with E-state index in [9.17, 15) is 12.7 Å². The summed E-state index contributed by atoms with van der Waals surface area (Å²) >= 11 is -1.84. The van der Waals surface area contributed by atoms with E-state index in [2.05, 4.69) is 0 Å². The van der Waals surface area contributed by atoms with Crippen LogP contribution in [0.5, 0.6) is 0 Å². The number of carbonyl (C=O) groups is 2. The highest BCUT2D eigenvalue weighted by Crippen LogP contribution is 2.26. The quantitative estimate of drug-likeness (QED) is 0.826. The number of carboxylic acid groups (broad SMARTS) is 2. The minimum Gasteiger partial charge on any atom is -0.478 e. The Morgan fingerprint density at radius 2 is 1.75 bits per heavy atom. The van der Waals surface area contributed by atoms with Crippen molar-refractivity contribution in [2.45, 2.75) is 13.8 Å². The predicted molar refractivity (Wildman–Crippen MR) is 63.2 cm³/mol. The molecule has 0 saturated heterocycles. The van der Waals surface area contributed by atoms with Gasteiger partial charge in [0.15, 0.2) is 21.2 Å². The Bertz CT molecular complexity index is 492. The van der Waals surface area contributed by atoms with Gasteiger partial charge in [-0.15, -0.1) is 0 Å². The predicted octanol–water partition coefficient (Wildman–Crippen LogP) is 2.19. The van der Waals surface area contributed by atoms with Crippen molar-refractivity contribution in [2.75, 3.05) is 0 Å². The van der Waals surface area contributed by atoms with Gasteiger partial charge in [-0.05, 0) is 31.0 Å². The van der Waals surface area contributed by atoms with Crippen LogP contribution in [0.4, 0.5) is 0 Å². The zero-order valence-electron chi connectivity index (χ0n) is 8.57. The van der Waals surface area contributed by atoms with Crippen LogP contribution < -0.4 is 0 Å². The second-order valence-corrected chi connectivity index (χ2v) is 4.76. The summed E-state index contributed by atoms with van der Waals surface area (Å²) in [4.78, 5) is 21.9. The number of benzene rings is 1. The molecule has 0 fully saturated rings. The van der Waals surface area contributed by atoms with Gasteiger partial charge in [0.25, 0.3) is 0 Å². The third-order valence-electron chi connectivity index (χ3n) is 2.30. The average Bonchev–Trinajstić information content (AvgIpc) is 2.20. The van der Waals surface area contributed by atoms with Crippen LogP contribution in [0, 0.1) is 17.4 Å².